The smallest absolute Gasteiger partial charge is 0.315 e. The maximum absolute atomic E-state index is 14.1. The van der Waals surface area contributed by atoms with E-state index in [4.69, 9.17) is 0 Å². The van der Waals surface area contributed by atoms with Gasteiger partial charge in [0.2, 0.25) is 17.6 Å². The van der Waals surface area contributed by atoms with Gasteiger partial charge >= 0.3 is 6.03 Å². The second-order valence-electron chi connectivity index (χ2n) is 16.0. The number of carbonyl (C=O) groups excluding carboxylic acids is 5. The number of sulfone groups is 1. The van der Waals surface area contributed by atoms with Gasteiger partial charge in [0.05, 0.1) is 16.5 Å². The highest BCUT2D eigenvalue weighted by Crippen LogP contribution is 2.65. The lowest BCUT2D eigenvalue weighted by Crippen LogP contribution is -2.62. The molecule has 2 rings (SSSR count). The van der Waals surface area contributed by atoms with Gasteiger partial charge in [-0.3, -0.25) is 19.2 Å². The Morgan fingerprint density at radius 2 is 1.56 bits per heavy atom. The minimum absolute atomic E-state index is 0.0524. The van der Waals surface area contributed by atoms with E-state index in [-0.39, 0.29) is 36.0 Å². The van der Waals surface area contributed by atoms with Crippen molar-refractivity contribution in [2.45, 2.75) is 117 Å². The highest BCUT2D eigenvalue weighted by atomic mass is 32.2. The van der Waals surface area contributed by atoms with Crippen LogP contribution in [0.15, 0.2) is 12.7 Å². The summed E-state index contributed by atoms with van der Waals surface area (Å²) in [6, 6.07) is -3.56. The van der Waals surface area contributed by atoms with Crippen LogP contribution >= 0.6 is 0 Å². The van der Waals surface area contributed by atoms with E-state index in [0.717, 1.165) is 0 Å². The first-order valence-electron chi connectivity index (χ1n) is 15.6. The van der Waals surface area contributed by atoms with Gasteiger partial charge in [-0.15, -0.1) is 6.58 Å². The number of fused-ring (bicyclic) bond motifs is 1. The number of Topliss-reactive ketones (excluding diaryl/α,β-unsaturated/α-hetero) is 1. The molecule has 1 aliphatic heterocycles. The second kappa shape index (κ2) is 13.4. The number of carbonyl (C=O) groups is 5. The summed E-state index contributed by atoms with van der Waals surface area (Å²) in [6.07, 6.45) is 1.99. The number of piperidine rings is 1. The number of nitrogens with one attached hydrogen (secondary N) is 4. The molecule has 0 radical (unpaired) electrons. The number of ketones is 1. The summed E-state index contributed by atoms with van der Waals surface area (Å²) in [7, 11) is -3.52. The molecule has 1 unspecified atom stereocenters. The van der Waals surface area contributed by atoms with E-state index >= 15 is 0 Å². The van der Waals surface area contributed by atoms with Crippen molar-refractivity contribution >= 4 is 39.4 Å². The molecule has 0 aromatic rings. The van der Waals surface area contributed by atoms with E-state index < -0.39 is 73.2 Å². The topological polar surface area (TPSA) is 171 Å². The minimum atomic E-state index is -3.52. The number of nitrogens with zero attached hydrogens (tertiary/aromatic N) is 1. The molecule has 1 aliphatic carbocycles. The third-order valence-corrected chi connectivity index (χ3v) is 11.4. The summed E-state index contributed by atoms with van der Waals surface area (Å²) < 4.78 is 23.8. The van der Waals surface area contributed by atoms with Crippen LogP contribution < -0.4 is 21.3 Å². The molecule has 1 saturated carbocycles. The monoisotopic (exact) mass is 653 g/mol. The van der Waals surface area contributed by atoms with Crippen LogP contribution in [0.2, 0.25) is 0 Å². The predicted molar refractivity (Wildman–Crippen MR) is 174 cm³/mol. The molecule has 0 spiro atoms. The molecule has 256 valence electrons. The lowest BCUT2D eigenvalue weighted by Gasteiger charge is -2.38. The Labute approximate surface area is 269 Å². The first kappa shape index (κ1) is 38.2. The Morgan fingerprint density at radius 1 is 0.978 bits per heavy atom. The van der Waals surface area contributed by atoms with E-state index in [2.05, 4.69) is 27.8 Å². The van der Waals surface area contributed by atoms with Crippen molar-refractivity contribution in [2.75, 3.05) is 18.8 Å². The van der Waals surface area contributed by atoms with Crippen LogP contribution in [0.1, 0.15) is 89.0 Å². The number of allylic oxidation sites excluding steroid dienone is 1. The lowest BCUT2D eigenvalue weighted by molar-refractivity contribution is -0.145. The van der Waals surface area contributed by atoms with Crippen molar-refractivity contribution in [3.63, 3.8) is 0 Å². The van der Waals surface area contributed by atoms with Crippen molar-refractivity contribution < 1.29 is 32.4 Å². The molecule has 5 atom stereocenters. The molecule has 45 heavy (non-hydrogen) atoms. The van der Waals surface area contributed by atoms with Crippen molar-refractivity contribution in [2.24, 2.45) is 22.7 Å². The Balaban J connectivity index is 2.27. The average Bonchev–Trinajstić information content (AvgIpc) is 3.19. The molecule has 1 saturated heterocycles. The van der Waals surface area contributed by atoms with Gasteiger partial charge in [-0.25, -0.2) is 13.2 Å². The third kappa shape index (κ3) is 9.29. The summed E-state index contributed by atoms with van der Waals surface area (Å²) in [5.41, 5.74) is -1.43. The first-order chi connectivity index (χ1) is 20.3. The number of hydrogen-bond donors (Lipinski definition) is 4. The highest BCUT2D eigenvalue weighted by Gasteiger charge is 2.70. The number of amides is 5. The Morgan fingerprint density at radius 3 is 2.04 bits per heavy atom. The van der Waals surface area contributed by atoms with Gasteiger partial charge in [0, 0.05) is 18.6 Å². The lowest BCUT2D eigenvalue weighted by atomic mass is 9.85. The van der Waals surface area contributed by atoms with Gasteiger partial charge in [0.15, 0.2) is 9.84 Å². The Kier molecular flexibility index (Phi) is 11.4. The van der Waals surface area contributed by atoms with Crippen LogP contribution in [0.25, 0.3) is 0 Å². The Hall–Kier alpha value is -2.96. The number of hydrogen-bond acceptors (Lipinski definition) is 7. The highest BCUT2D eigenvalue weighted by molar-refractivity contribution is 7.92. The van der Waals surface area contributed by atoms with Crippen LogP contribution in [0, 0.1) is 22.7 Å². The summed E-state index contributed by atoms with van der Waals surface area (Å²) in [5.74, 6) is -3.32. The zero-order chi connectivity index (χ0) is 34.9. The summed E-state index contributed by atoms with van der Waals surface area (Å²) >= 11 is 0. The second-order valence-corrected chi connectivity index (χ2v) is 18.9. The number of urea groups is 1. The molecule has 1 heterocycles. The molecule has 0 aromatic heterocycles. The quantitative estimate of drug-likeness (QED) is 0.185. The fourth-order valence-electron chi connectivity index (χ4n) is 5.80. The van der Waals surface area contributed by atoms with Crippen LogP contribution in [-0.2, 0) is 29.0 Å². The van der Waals surface area contributed by atoms with Gasteiger partial charge in [-0.1, -0.05) is 40.7 Å². The van der Waals surface area contributed by atoms with Gasteiger partial charge < -0.3 is 26.2 Å². The summed E-state index contributed by atoms with van der Waals surface area (Å²) in [6.45, 7) is 23.4. The van der Waals surface area contributed by atoms with Crippen molar-refractivity contribution in [3.8, 4) is 0 Å². The molecule has 0 bridgehead atoms. The molecular formula is C32H55N5O7S. The van der Waals surface area contributed by atoms with Gasteiger partial charge in [-0.2, -0.15) is 0 Å². The SMILES string of the molecule is C=CCCC(NC(=O)[C@@H]1[C@@H]2[C@H](CN1C(=O)[C@@H](NC(=O)NC(C)(C)C)C(C)(C)C)C2(C)C)C(=O)C(=O)NCCS(=O)(=O)C(C)(C)C. The van der Waals surface area contributed by atoms with Crippen LogP contribution in [0.4, 0.5) is 4.79 Å². The van der Waals surface area contributed by atoms with Gasteiger partial charge in [-0.05, 0) is 77.0 Å². The van der Waals surface area contributed by atoms with Crippen molar-refractivity contribution in [1.82, 2.24) is 26.2 Å². The zero-order valence-electron chi connectivity index (χ0n) is 28.9. The molecule has 13 heteroatoms. The van der Waals surface area contributed by atoms with Crippen molar-refractivity contribution in [1.29, 1.82) is 0 Å². The average molecular weight is 654 g/mol. The maximum Gasteiger partial charge on any atom is 0.315 e. The van der Waals surface area contributed by atoms with Crippen LogP contribution in [0.5, 0.6) is 0 Å². The van der Waals surface area contributed by atoms with E-state index in [1.165, 1.54) is 4.90 Å². The van der Waals surface area contributed by atoms with Crippen LogP contribution in [-0.4, -0.2) is 90.1 Å². The molecular weight excluding hydrogens is 598 g/mol. The molecule has 12 nitrogen and oxygen atoms in total. The summed E-state index contributed by atoms with van der Waals surface area (Å²) in [4.78, 5) is 68.3. The standard InChI is InChI=1S/C32H55N5O7S/c1-13-14-15-20(23(38)26(40)33-16-17-45(43,44)31(8,9)10)34-25(39)22-21-19(32(21,11)12)18-37(22)27(41)24(29(2,3)4)35-28(42)36-30(5,6)7/h13,19-22,24H,1,14-18H2,2-12H3,(H,33,40)(H,34,39)(H2,35,36,42)/t19-,20?,21-,22-,24+/m0/s1. The van der Waals surface area contributed by atoms with E-state index in [9.17, 15) is 32.4 Å². The van der Waals surface area contributed by atoms with Crippen molar-refractivity contribution in [3.05, 3.63) is 12.7 Å². The zero-order valence-corrected chi connectivity index (χ0v) is 29.7. The summed E-state index contributed by atoms with van der Waals surface area (Å²) in [5, 5.41) is 10.7. The number of rotatable bonds is 12. The van der Waals surface area contributed by atoms with E-state index in [1.807, 2.05) is 55.4 Å². The molecule has 4 N–H and O–H groups in total. The fourth-order valence-corrected chi connectivity index (χ4v) is 6.78. The van der Waals surface area contributed by atoms with Gasteiger partial charge in [0.25, 0.3) is 5.91 Å². The largest absolute Gasteiger partial charge is 0.348 e. The normalized spacial score (nSPS) is 22.4. The van der Waals surface area contributed by atoms with Gasteiger partial charge in [0.1, 0.15) is 12.1 Å². The fraction of sp³-hybridized carbons (Fsp3) is 0.781. The molecule has 2 fully saturated rings. The molecule has 5 amide bonds. The first-order valence-corrected chi connectivity index (χ1v) is 17.3. The molecule has 0 aromatic carbocycles. The van der Waals surface area contributed by atoms with E-state index in [1.54, 1.807) is 26.8 Å². The van der Waals surface area contributed by atoms with E-state index in [0.29, 0.717) is 13.0 Å². The molecule has 2 aliphatic rings. The maximum atomic E-state index is 14.1. The predicted octanol–water partition coefficient (Wildman–Crippen LogP) is 2.33. The minimum Gasteiger partial charge on any atom is -0.348 e. The Bertz CT molecular complexity index is 1290. The number of likely N-dealkylation sites (tertiary alicyclic amines) is 1. The third-order valence-electron chi connectivity index (χ3n) is 8.74. The van der Waals surface area contributed by atoms with Crippen LogP contribution in [0.3, 0.4) is 0 Å².